The zero-order valence-corrected chi connectivity index (χ0v) is 7.60. The fourth-order valence-electron chi connectivity index (χ4n) is 0.593. The Morgan fingerprint density at radius 2 is 1.17 bits per heavy atom. The Hall–Kier alpha value is -0.250. The molecule has 0 aliphatic heterocycles. The zero-order valence-electron chi connectivity index (χ0n) is 5.34. The van der Waals surface area contributed by atoms with Crippen LogP contribution in [0.4, 0.5) is 8.78 Å². The van der Waals surface area contributed by atoms with Crippen LogP contribution in [0, 0.1) is 11.6 Å². The second-order valence-corrected chi connectivity index (χ2v) is 3.05. The maximum atomic E-state index is 12.7. The Bertz CT molecular complexity index is 235. The fraction of sp³-hybridized carbons (Fsp3) is 0. The Balaban J connectivity index is 3.60. The van der Waals surface area contributed by atoms with Crippen molar-refractivity contribution >= 4 is 34.8 Å². The molecule has 0 aliphatic carbocycles. The van der Waals surface area contributed by atoms with Crippen LogP contribution in [0.25, 0.3) is 0 Å². The molecule has 0 aliphatic rings. The Kier molecular flexibility index (Phi) is 2.66. The minimum Gasteiger partial charge on any atom is -0.503 e. The minimum absolute atomic E-state index is 0.453. The van der Waals surface area contributed by atoms with Crippen LogP contribution in [-0.2, 0) is 0 Å². The van der Waals surface area contributed by atoms with Crippen molar-refractivity contribution < 1.29 is 13.9 Å². The van der Waals surface area contributed by atoms with Crippen molar-refractivity contribution in [1.82, 2.24) is 0 Å². The van der Waals surface area contributed by atoms with Gasteiger partial charge in [-0.3, -0.25) is 0 Å². The van der Waals surface area contributed by atoms with E-state index in [1.807, 2.05) is 0 Å². The first-order chi connectivity index (χ1) is 5.46. The highest BCUT2D eigenvalue weighted by Gasteiger charge is 2.20. The summed E-state index contributed by atoms with van der Waals surface area (Å²) in [6, 6.07) is 0. The molecule has 66 valence electrons. The van der Waals surface area contributed by atoms with Gasteiger partial charge in [0.25, 0.3) is 0 Å². The summed E-state index contributed by atoms with van der Waals surface area (Å²) in [5.74, 6) is -3.86. The molecule has 0 heterocycles. The van der Waals surface area contributed by atoms with E-state index in [4.69, 9.17) is 39.9 Å². The van der Waals surface area contributed by atoms with Crippen LogP contribution in [0.1, 0.15) is 0 Å². The van der Waals surface area contributed by atoms with E-state index in [2.05, 4.69) is 0 Å². The van der Waals surface area contributed by atoms with E-state index in [0.29, 0.717) is 0 Å². The van der Waals surface area contributed by atoms with Gasteiger partial charge in [0.15, 0.2) is 17.4 Å². The Morgan fingerprint density at radius 3 is 1.50 bits per heavy atom. The second-order valence-electron chi connectivity index (χ2n) is 1.92. The summed E-state index contributed by atoms with van der Waals surface area (Å²) in [4.78, 5) is 0. The van der Waals surface area contributed by atoms with Crippen LogP contribution < -0.4 is 0 Å². The average molecular weight is 233 g/mol. The van der Waals surface area contributed by atoms with Crippen LogP contribution >= 0.6 is 34.8 Å². The largest absolute Gasteiger partial charge is 0.503 e. The maximum absolute atomic E-state index is 12.7. The number of halogens is 5. The van der Waals surface area contributed by atoms with Gasteiger partial charge >= 0.3 is 0 Å². The van der Waals surface area contributed by atoms with Gasteiger partial charge in [0.05, 0.1) is 5.02 Å². The monoisotopic (exact) mass is 232 g/mol. The second kappa shape index (κ2) is 3.24. The van der Waals surface area contributed by atoms with Crippen molar-refractivity contribution in [3.8, 4) is 5.75 Å². The number of rotatable bonds is 0. The summed E-state index contributed by atoms with van der Waals surface area (Å²) < 4.78 is 25.3. The smallest absolute Gasteiger partial charge is 0.191 e. The molecular weight excluding hydrogens is 232 g/mol. The van der Waals surface area contributed by atoms with E-state index < -0.39 is 32.5 Å². The lowest BCUT2D eigenvalue weighted by Gasteiger charge is -2.04. The van der Waals surface area contributed by atoms with Gasteiger partial charge in [-0.25, -0.2) is 8.78 Å². The molecule has 0 saturated heterocycles. The quantitative estimate of drug-likeness (QED) is 0.536. The minimum atomic E-state index is -1.32. The number of benzene rings is 1. The Labute approximate surface area is 81.5 Å². The lowest BCUT2D eigenvalue weighted by molar-refractivity contribution is 0.396. The van der Waals surface area contributed by atoms with Gasteiger partial charge < -0.3 is 5.11 Å². The molecule has 0 atom stereocenters. The summed E-state index contributed by atoms with van der Waals surface area (Å²) in [6.45, 7) is 0. The van der Waals surface area contributed by atoms with Gasteiger partial charge in [-0.1, -0.05) is 34.8 Å². The molecular formula is C6HCl3F2O. The average Bonchev–Trinajstić information content (AvgIpc) is 2.08. The number of hydrogen-bond donors (Lipinski definition) is 1. The molecule has 12 heavy (non-hydrogen) atoms. The molecule has 1 rings (SSSR count). The Morgan fingerprint density at radius 1 is 0.833 bits per heavy atom. The molecule has 1 aromatic carbocycles. The number of phenolic OH excluding ortho intramolecular Hbond substituents is 1. The standard InChI is InChI=1S/C6HCl3F2O/c7-1-2(8)4(10)6(12)5(11)3(1)9/h12H. The topological polar surface area (TPSA) is 20.2 Å². The highest BCUT2D eigenvalue weighted by Crippen LogP contribution is 2.39. The first-order valence-corrected chi connectivity index (χ1v) is 3.80. The van der Waals surface area contributed by atoms with Crippen molar-refractivity contribution in [2.24, 2.45) is 0 Å². The van der Waals surface area contributed by atoms with Gasteiger partial charge in [0.1, 0.15) is 10.0 Å². The molecule has 1 N–H and O–H groups in total. The number of aromatic hydroxyl groups is 1. The third kappa shape index (κ3) is 1.32. The molecule has 0 spiro atoms. The predicted molar refractivity (Wildman–Crippen MR) is 43.1 cm³/mol. The summed E-state index contributed by atoms with van der Waals surface area (Å²) in [7, 11) is 0. The van der Waals surface area contributed by atoms with Crippen LogP contribution in [-0.4, -0.2) is 5.11 Å². The lowest BCUT2D eigenvalue weighted by atomic mass is 10.3. The van der Waals surface area contributed by atoms with Crippen molar-refractivity contribution in [1.29, 1.82) is 0 Å². The van der Waals surface area contributed by atoms with Gasteiger partial charge in [-0.2, -0.15) is 0 Å². The predicted octanol–water partition coefficient (Wildman–Crippen LogP) is 3.63. The molecule has 6 heteroatoms. The van der Waals surface area contributed by atoms with E-state index in [1.165, 1.54) is 0 Å². The molecule has 0 amide bonds. The molecule has 0 aromatic heterocycles. The van der Waals surface area contributed by atoms with E-state index in [-0.39, 0.29) is 0 Å². The van der Waals surface area contributed by atoms with Gasteiger partial charge in [-0.15, -0.1) is 0 Å². The van der Waals surface area contributed by atoms with Crippen LogP contribution in [0.2, 0.25) is 15.1 Å². The first-order valence-electron chi connectivity index (χ1n) is 2.67. The van der Waals surface area contributed by atoms with E-state index in [0.717, 1.165) is 0 Å². The summed E-state index contributed by atoms with van der Waals surface area (Å²) in [5, 5.41) is 7.07. The molecule has 0 unspecified atom stereocenters. The molecule has 1 nitrogen and oxygen atoms in total. The molecule has 0 fully saturated rings. The zero-order chi connectivity index (χ0) is 9.46. The van der Waals surface area contributed by atoms with E-state index in [1.54, 1.807) is 0 Å². The maximum Gasteiger partial charge on any atom is 0.191 e. The van der Waals surface area contributed by atoms with Crippen LogP contribution in [0.3, 0.4) is 0 Å². The van der Waals surface area contributed by atoms with E-state index in [9.17, 15) is 8.78 Å². The SMILES string of the molecule is Oc1c(F)c(Cl)c(Cl)c(Cl)c1F. The van der Waals surface area contributed by atoms with Gasteiger partial charge in [0, 0.05) is 0 Å². The van der Waals surface area contributed by atoms with Crippen molar-refractivity contribution in [3.63, 3.8) is 0 Å². The molecule has 0 saturated carbocycles. The van der Waals surface area contributed by atoms with Gasteiger partial charge in [-0.05, 0) is 0 Å². The number of phenols is 1. The van der Waals surface area contributed by atoms with Gasteiger partial charge in [0.2, 0.25) is 0 Å². The third-order valence-corrected chi connectivity index (χ3v) is 2.47. The van der Waals surface area contributed by atoms with Crippen molar-refractivity contribution in [2.45, 2.75) is 0 Å². The molecule has 0 radical (unpaired) electrons. The molecule has 1 aromatic rings. The third-order valence-electron chi connectivity index (χ3n) is 1.19. The fourth-order valence-corrected chi connectivity index (χ4v) is 1.18. The normalized spacial score (nSPS) is 10.4. The number of hydrogen-bond acceptors (Lipinski definition) is 1. The van der Waals surface area contributed by atoms with Crippen LogP contribution in [0.5, 0.6) is 5.75 Å². The summed E-state index contributed by atoms with van der Waals surface area (Å²) in [6.07, 6.45) is 0. The summed E-state index contributed by atoms with van der Waals surface area (Å²) >= 11 is 15.8. The van der Waals surface area contributed by atoms with Crippen molar-refractivity contribution in [3.05, 3.63) is 26.7 Å². The molecule has 0 bridgehead atoms. The lowest BCUT2D eigenvalue weighted by Crippen LogP contribution is -1.87. The first kappa shape index (κ1) is 9.84. The summed E-state index contributed by atoms with van der Waals surface area (Å²) in [5.41, 5.74) is 0. The highest BCUT2D eigenvalue weighted by molar-refractivity contribution is 6.48. The highest BCUT2D eigenvalue weighted by atomic mass is 35.5. The van der Waals surface area contributed by atoms with Crippen LogP contribution in [0.15, 0.2) is 0 Å². The van der Waals surface area contributed by atoms with E-state index >= 15 is 0 Å². The van der Waals surface area contributed by atoms with Crippen molar-refractivity contribution in [2.75, 3.05) is 0 Å².